The lowest BCUT2D eigenvalue weighted by molar-refractivity contribution is -0.148. The van der Waals surface area contributed by atoms with Crippen molar-refractivity contribution < 1.29 is 19.1 Å². The van der Waals surface area contributed by atoms with Gasteiger partial charge in [-0.05, 0) is 104 Å². The Morgan fingerprint density at radius 3 is 2.16 bits per heavy atom. The number of hydrogen-bond donors (Lipinski definition) is 2. The van der Waals surface area contributed by atoms with E-state index in [9.17, 15) is 14.4 Å². The van der Waals surface area contributed by atoms with Gasteiger partial charge < -0.3 is 20.3 Å². The zero-order chi connectivity index (χ0) is 28.6. The summed E-state index contributed by atoms with van der Waals surface area (Å²) in [7, 11) is 0. The highest BCUT2D eigenvalue weighted by molar-refractivity contribution is 7.98. The van der Waals surface area contributed by atoms with Crippen LogP contribution in [0.2, 0.25) is 0 Å². The van der Waals surface area contributed by atoms with Gasteiger partial charge in [-0.2, -0.15) is 11.8 Å². The number of aryl methyl sites for hydroxylation is 1. The van der Waals surface area contributed by atoms with Crippen molar-refractivity contribution in [2.45, 2.75) is 118 Å². The molecule has 0 radical (unpaired) electrons. The van der Waals surface area contributed by atoms with Crippen molar-refractivity contribution in [2.75, 3.05) is 12.0 Å². The second-order valence-electron chi connectivity index (χ2n) is 11.7. The summed E-state index contributed by atoms with van der Waals surface area (Å²) >= 11 is 1.59. The fraction of sp³-hybridized carbons (Fsp3) is 0.690. The molecule has 0 aliphatic carbocycles. The summed E-state index contributed by atoms with van der Waals surface area (Å²) in [4.78, 5) is 42.6. The Morgan fingerprint density at radius 2 is 1.65 bits per heavy atom. The van der Waals surface area contributed by atoms with Crippen LogP contribution in [-0.2, 0) is 14.3 Å². The van der Waals surface area contributed by atoms with Crippen LogP contribution in [0.25, 0.3) is 0 Å². The maximum atomic E-state index is 14.3. The van der Waals surface area contributed by atoms with Crippen molar-refractivity contribution >= 4 is 29.7 Å². The number of carbonyl (C=O) groups is 3. The van der Waals surface area contributed by atoms with Crippen LogP contribution in [0.1, 0.15) is 97.4 Å². The number of thioether (sulfide) groups is 1. The van der Waals surface area contributed by atoms with E-state index in [1.54, 1.807) is 37.4 Å². The van der Waals surface area contributed by atoms with Gasteiger partial charge in [0, 0.05) is 11.6 Å². The zero-order valence-corrected chi connectivity index (χ0v) is 25.6. The third-order valence-electron chi connectivity index (χ3n) is 6.12. The number of amides is 3. The molecule has 0 saturated heterocycles. The van der Waals surface area contributed by atoms with Gasteiger partial charge in [0.1, 0.15) is 17.7 Å². The number of carbonyl (C=O) groups excluding carboxylic acids is 3. The van der Waals surface area contributed by atoms with E-state index in [-0.39, 0.29) is 17.9 Å². The van der Waals surface area contributed by atoms with E-state index < -0.39 is 29.3 Å². The Kier molecular flexibility index (Phi) is 12.5. The number of rotatable bonds is 11. The lowest BCUT2D eigenvalue weighted by Crippen LogP contribution is -2.59. The molecular formula is C29H49N3O4S. The van der Waals surface area contributed by atoms with E-state index >= 15 is 0 Å². The maximum absolute atomic E-state index is 14.3. The highest BCUT2D eigenvalue weighted by atomic mass is 32.2. The van der Waals surface area contributed by atoms with Crippen molar-refractivity contribution in [3.8, 4) is 0 Å². The fourth-order valence-electron chi connectivity index (χ4n) is 4.25. The number of benzene rings is 1. The summed E-state index contributed by atoms with van der Waals surface area (Å²) in [5.74, 6) is 0.133. The molecule has 0 aliphatic heterocycles. The summed E-state index contributed by atoms with van der Waals surface area (Å²) in [6.07, 6.45) is 3.50. The van der Waals surface area contributed by atoms with E-state index in [1.807, 2.05) is 66.0 Å². The SMILES string of the molecule is CCCC(C)NC(=O)C(c1cccc(C)c1C)N(C(=O)C(CCSC)NC(=O)OC(C)(C)C)C(C)(C)C. The molecular weight excluding hydrogens is 486 g/mol. The first kappa shape index (κ1) is 32.8. The molecule has 210 valence electrons. The van der Waals surface area contributed by atoms with E-state index in [0.717, 1.165) is 29.5 Å². The Balaban J connectivity index is 3.63. The minimum atomic E-state index is -0.857. The fourth-order valence-corrected chi connectivity index (χ4v) is 4.72. The van der Waals surface area contributed by atoms with Gasteiger partial charge in [-0.15, -0.1) is 0 Å². The Hall–Kier alpha value is -2.22. The van der Waals surface area contributed by atoms with Gasteiger partial charge in [-0.3, -0.25) is 9.59 Å². The second kappa shape index (κ2) is 14.1. The first-order valence-electron chi connectivity index (χ1n) is 13.2. The molecule has 0 saturated carbocycles. The van der Waals surface area contributed by atoms with Gasteiger partial charge in [0.05, 0.1) is 0 Å². The number of nitrogens with one attached hydrogen (secondary N) is 2. The van der Waals surface area contributed by atoms with Crippen LogP contribution in [0, 0.1) is 13.8 Å². The summed E-state index contributed by atoms with van der Waals surface area (Å²) in [6.45, 7) is 19.2. The first-order chi connectivity index (χ1) is 17.0. The number of ether oxygens (including phenoxy) is 1. The first-order valence-corrected chi connectivity index (χ1v) is 14.6. The minimum absolute atomic E-state index is 0.0331. The number of hydrogen-bond acceptors (Lipinski definition) is 5. The van der Waals surface area contributed by atoms with E-state index in [1.165, 1.54) is 0 Å². The topological polar surface area (TPSA) is 87.7 Å². The normalized spacial score (nSPS) is 14.4. The molecule has 0 aromatic heterocycles. The van der Waals surface area contributed by atoms with Crippen LogP contribution < -0.4 is 10.6 Å². The van der Waals surface area contributed by atoms with Crippen LogP contribution in [0.4, 0.5) is 4.79 Å². The van der Waals surface area contributed by atoms with Crippen molar-refractivity contribution in [1.82, 2.24) is 15.5 Å². The Bertz CT molecular complexity index is 921. The predicted molar refractivity (Wildman–Crippen MR) is 154 cm³/mol. The summed E-state index contributed by atoms with van der Waals surface area (Å²) in [5, 5.41) is 5.93. The summed E-state index contributed by atoms with van der Waals surface area (Å²) in [6, 6.07) is 4.11. The van der Waals surface area contributed by atoms with Gasteiger partial charge in [-0.25, -0.2) is 4.79 Å². The quantitative estimate of drug-likeness (QED) is 0.367. The Labute approximate surface area is 228 Å². The smallest absolute Gasteiger partial charge is 0.408 e. The third-order valence-corrected chi connectivity index (χ3v) is 6.76. The van der Waals surface area contributed by atoms with Gasteiger partial charge in [0.2, 0.25) is 11.8 Å². The molecule has 7 nitrogen and oxygen atoms in total. The van der Waals surface area contributed by atoms with E-state index in [2.05, 4.69) is 17.6 Å². The lowest BCUT2D eigenvalue weighted by Gasteiger charge is -2.43. The number of alkyl carbamates (subject to hydrolysis) is 1. The molecule has 0 heterocycles. The van der Waals surface area contributed by atoms with Crippen molar-refractivity contribution in [2.24, 2.45) is 0 Å². The molecule has 3 atom stereocenters. The number of nitrogens with zero attached hydrogens (tertiary/aromatic N) is 1. The van der Waals surface area contributed by atoms with Crippen molar-refractivity contribution in [3.05, 3.63) is 34.9 Å². The van der Waals surface area contributed by atoms with E-state index in [0.29, 0.717) is 12.2 Å². The molecule has 1 aromatic rings. The van der Waals surface area contributed by atoms with Crippen LogP contribution in [0.5, 0.6) is 0 Å². The minimum Gasteiger partial charge on any atom is -0.444 e. The van der Waals surface area contributed by atoms with Crippen LogP contribution >= 0.6 is 11.8 Å². The van der Waals surface area contributed by atoms with Gasteiger partial charge in [0.15, 0.2) is 0 Å². The molecule has 1 aromatic carbocycles. The molecule has 37 heavy (non-hydrogen) atoms. The summed E-state index contributed by atoms with van der Waals surface area (Å²) < 4.78 is 5.46. The highest BCUT2D eigenvalue weighted by Crippen LogP contribution is 2.33. The molecule has 0 fully saturated rings. The second-order valence-corrected chi connectivity index (χ2v) is 12.7. The van der Waals surface area contributed by atoms with Gasteiger partial charge in [0.25, 0.3) is 0 Å². The van der Waals surface area contributed by atoms with E-state index in [4.69, 9.17) is 4.74 Å². The third kappa shape index (κ3) is 10.2. The molecule has 1 rings (SSSR count). The van der Waals surface area contributed by atoms with Crippen LogP contribution in [0.15, 0.2) is 18.2 Å². The zero-order valence-electron chi connectivity index (χ0n) is 24.8. The highest BCUT2D eigenvalue weighted by Gasteiger charge is 2.42. The molecule has 2 N–H and O–H groups in total. The summed E-state index contributed by atoms with van der Waals surface area (Å²) in [5.41, 5.74) is 1.39. The predicted octanol–water partition coefficient (Wildman–Crippen LogP) is 5.92. The average Bonchev–Trinajstić information content (AvgIpc) is 2.74. The van der Waals surface area contributed by atoms with Gasteiger partial charge in [-0.1, -0.05) is 31.5 Å². The standard InChI is InChI=1S/C29H49N3O4S/c1-12-14-20(3)30-25(33)24(22-16-13-15-19(2)21(22)4)32(28(5,6)7)26(34)23(17-18-37-11)31-27(35)36-29(8,9)10/h13,15-16,20,23-24H,12,14,17-18H2,1-11H3,(H,30,33)(H,31,35). The van der Waals surface area contributed by atoms with Crippen molar-refractivity contribution in [3.63, 3.8) is 0 Å². The molecule has 3 amide bonds. The van der Waals surface area contributed by atoms with Crippen LogP contribution in [-0.4, -0.2) is 58.0 Å². The molecule has 0 aliphatic rings. The maximum Gasteiger partial charge on any atom is 0.408 e. The van der Waals surface area contributed by atoms with Crippen LogP contribution in [0.3, 0.4) is 0 Å². The Morgan fingerprint density at radius 1 is 1.03 bits per heavy atom. The molecule has 0 bridgehead atoms. The molecule has 0 spiro atoms. The largest absolute Gasteiger partial charge is 0.444 e. The monoisotopic (exact) mass is 535 g/mol. The van der Waals surface area contributed by atoms with Gasteiger partial charge >= 0.3 is 6.09 Å². The lowest BCUT2D eigenvalue weighted by atomic mass is 9.91. The molecule has 8 heteroatoms. The average molecular weight is 536 g/mol. The van der Waals surface area contributed by atoms with Crippen molar-refractivity contribution in [1.29, 1.82) is 0 Å². The molecule has 3 unspecified atom stereocenters.